The Morgan fingerprint density at radius 3 is 2.58 bits per heavy atom. The van der Waals surface area contributed by atoms with E-state index in [0.29, 0.717) is 16.7 Å². The highest BCUT2D eigenvalue weighted by atomic mass is 19.4. The first-order valence-electron chi connectivity index (χ1n) is 13.6. The Hall–Kier alpha value is -4.32. The van der Waals surface area contributed by atoms with E-state index in [9.17, 15) is 31.9 Å². The van der Waals surface area contributed by atoms with Gasteiger partial charge in [-0.05, 0) is 68.3 Å². The maximum absolute atomic E-state index is 14.7. The van der Waals surface area contributed by atoms with Gasteiger partial charge in [0, 0.05) is 28.3 Å². The van der Waals surface area contributed by atoms with E-state index in [4.69, 9.17) is 9.47 Å². The Morgan fingerprint density at radius 1 is 1.16 bits per heavy atom. The normalized spacial score (nSPS) is 19.4. The summed E-state index contributed by atoms with van der Waals surface area (Å²) in [6, 6.07) is 11.9. The van der Waals surface area contributed by atoms with Crippen LogP contribution in [-0.2, 0) is 11.0 Å². The average Bonchev–Trinajstić information content (AvgIpc) is 3.75. The summed E-state index contributed by atoms with van der Waals surface area (Å²) in [5, 5.41) is 14.0. The second-order valence-corrected chi connectivity index (χ2v) is 11.1. The highest BCUT2D eigenvalue weighted by molar-refractivity contribution is 6.00. The molecule has 12 heteroatoms. The van der Waals surface area contributed by atoms with E-state index in [-0.39, 0.29) is 40.8 Å². The van der Waals surface area contributed by atoms with Crippen LogP contribution in [0.2, 0.25) is 0 Å². The fraction of sp³-hybridized carbons (Fsp3) is 0.323. The number of hydrogen-bond acceptors (Lipinski definition) is 6. The van der Waals surface area contributed by atoms with Crippen molar-refractivity contribution >= 4 is 16.8 Å². The van der Waals surface area contributed by atoms with E-state index in [0.717, 1.165) is 31.0 Å². The van der Waals surface area contributed by atoms with Crippen LogP contribution in [0.3, 0.4) is 0 Å². The molecule has 43 heavy (non-hydrogen) atoms. The number of halogens is 5. The van der Waals surface area contributed by atoms with Gasteiger partial charge < -0.3 is 19.9 Å². The van der Waals surface area contributed by atoms with Crippen LogP contribution in [0, 0.1) is 5.82 Å². The van der Waals surface area contributed by atoms with Crippen molar-refractivity contribution in [3.8, 4) is 22.8 Å². The third kappa shape index (κ3) is 5.24. The van der Waals surface area contributed by atoms with Crippen LogP contribution < -0.4 is 14.8 Å². The molecule has 2 N–H and O–H groups in total. The van der Waals surface area contributed by atoms with Gasteiger partial charge in [0.15, 0.2) is 0 Å². The number of rotatable bonds is 8. The van der Waals surface area contributed by atoms with Gasteiger partial charge in [0.25, 0.3) is 5.91 Å². The molecule has 0 saturated heterocycles. The number of aliphatic hydroxyl groups is 1. The van der Waals surface area contributed by atoms with Gasteiger partial charge in [0.05, 0.1) is 23.8 Å². The van der Waals surface area contributed by atoms with E-state index in [1.54, 1.807) is 18.3 Å². The van der Waals surface area contributed by atoms with Gasteiger partial charge in [-0.25, -0.2) is 13.8 Å². The average molecular weight is 600 g/mol. The molecule has 0 radical (unpaired) electrons. The molecule has 1 fully saturated rings. The highest BCUT2D eigenvalue weighted by Gasteiger charge is 2.57. The molecule has 4 aromatic rings. The maximum Gasteiger partial charge on any atom is 0.424 e. The lowest BCUT2D eigenvalue weighted by atomic mass is 9.83. The number of nitrogens with one attached hydrogen (secondary N) is 1. The molecule has 1 aliphatic heterocycles. The van der Waals surface area contributed by atoms with Crippen LogP contribution in [0.15, 0.2) is 60.8 Å². The third-order valence-corrected chi connectivity index (χ3v) is 7.72. The predicted octanol–water partition coefficient (Wildman–Crippen LogP) is 5.78. The van der Waals surface area contributed by atoms with E-state index >= 15 is 0 Å². The molecule has 6 rings (SSSR count). The molecule has 2 aliphatic rings. The van der Waals surface area contributed by atoms with Gasteiger partial charge in [-0.1, -0.05) is 6.07 Å². The summed E-state index contributed by atoms with van der Waals surface area (Å²) in [5.74, 6) is -1.12. The van der Waals surface area contributed by atoms with Crippen molar-refractivity contribution in [1.82, 2.24) is 15.3 Å². The van der Waals surface area contributed by atoms with E-state index in [1.165, 1.54) is 31.2 Å². The van der Waals surface area contributed by atoms with Crippen LogP contribution >= 0.6 is 0 Å². The van der Waals surface area contributed by atoms with Crippen LogP contribution in [0.25, 0.3) is 22.2 Å². The van der Waals surface area contributed by atoms with E-state index in [1.807, 2.05) is 0 Å². The number of carbonyl (C=O) groups excluding carboxylic acids is 1. The molecule has 1 amide bonds. The van der Waals surface area contributed by atoms with Gasteiger partial charge in [0.2, 0.25) is 5.60 Å². The predicted molar refractivity (Wildman–Crippen MR) is 146 cm³/mol. The second kappa shape index (κ2) is 10.4. The number of hydrogen-bond donors (Lipinski definition) is 2. The SMILES string of the molecule is C[C@@]1(CF)COc2c1cc(C(O)(CNC(=O)c1cc(OC3CC3)c3ncccc3c1)C(F)(F)F)nc2-c1ccc(F)cc1. The van der Waals surface area contributed by atoms with Crippen LogP contribution in [0.5, 0.6) is 11.5 Å². The van der Waals surface area contributed by atoms with Gasteiger partial charge in [-0.3, -0.25) is 9.78 Å². The topological polar surface area (TPSA) is 93.6 Å². The van der Waals surface area contributed by atoms with Crippen molar-refractivity contribution < 1.29 is 41.3 Å². The number of nitrogens with zero attached hydrogens (tertiary/aromatic N) is 2. The zero-order chi connectivity index (χ0) is 30.6. The Bertz CT molecular complexity index is 1710. The molecule has 1 saturated carbocycles. The van der Waals surface area contributed by atoms with Gasteiger partial charge in [-0.15, -0.1) is 0 Å². The quantitative estimate of drug-likeness (QED) is 0.250. The smallest absolute Gasteiger partial charge is 0.424 e. The van der Waals surface area contributed by atoms with Crippen LogP contribution in [0.1, 0.15) is 41.4 Å². The minimum Gasteiger partial charge on any atom is -0.490 e. The molecule has 3 heterocycles. The number of fused-ring (bicyclic) bond motifs is 2. The monoisotopic (exact) mass is 599 g/mol. The summed E-state index contributed by atoms with van der Waals surface area (Å²) in [7, 11) is 0. The van der Waals surface area contributed by atoms with Crippen molar-refractivity contribution in [3.05, 3.63) is 83.4 Å². The summed E-state index contributed by atoms with van der Waals surface area (Å²) in [4.78, 5) is 21.6. The highest BCUT2D eigenvalue weighted by Crippen LogP contribution is 2.48. The van der Waals surface area contributed by atoms with Crippen molar-refractivity contribution in [3.63, 3.8) is 0 Å². The number of ether oxygens (including phenoxy) is 2. The number of aromatic nitrogens is 2. The Kier molecular flexibility index (Phi) is 6.99. The number of amides is 1. The standard InChI is InChI=1S/C31H26F5N3O4/c1-29(14-32)16-42-27-22(29)13-24(39-26(27)17-4-6-20(33)7-5-17)30(41,31(34,35)36)15-38-28(40)19-11-18-3-2-10-37-25(18)23(12-19)43-21-8-9-21/h2-7,10-13,21,41H,8-9,14-16H2,1H3,(H,38,40)/t29-,30?/m1/s1. The van der Waals surface area contributed by atoms with E-state index in [2.05, 4.69) is 15.3 Å². The van der Waals surface area contributed by atoms with Crippen molar-refractivity contribution in [2.45, 2.75) is 43.1 Å². The number of carbonyl (C=O) groups is 1. The number of benzene rings is 2. The zero-order valence-corrected chi connectivity index (χ0v) is 22.8. The first kappa shape index (κ1) is 28.8. The molecule has 2 aromatic carbocycles. The molecule has 0 spiro atoms. The molecular weight excluding hydrogens is 573 g/mol. The molecule has 7 nitrogen and oxygen atoms in total. The van der Waals surface area contributed by atoms with Gasteiger partial charge in [-0.2, -0.15) is 13.2 Å². The molecule has 1 aliphatic carbocycles. The lowest BCUT2D eigenvalue weighted by Gasteiger charge is -2.31. The summed E-state index contributed by atoms with van der Waals surface area (Å²) < 4.78 is 83.3. The fourth-order valence-electron chi connectivity index (χ4n) is 4.95. The fourth-order valence-corrected chi connectivity index (χ4v) is 4.95. The molecular formula is C31H26F5N3O4. The van der Waals surface area contributed by atoms with Crippen LogP contribution in [0.4, 0.5) is 22.0 Å². The minimum atomic E-state index is -5.32. The first-order valence-corrected chi connectivity index (χ1v) is 13.6. The van der Waals surface area contributed by atoms with Crippen molar-refractivity contribution in [2.75, 3.05) is 19.8 Å². The maximum atomic E-state index is 14.7. The van der Waals surface area contributed by atoms with Gasteiger partial charge >= 0.3 is 6.18 Å². The lowest BCUT2D eigenvalue weighted by molar-refractivity contribution is -0.265. The van der Waals surface area contributed by atoms with E-state index < -0.39 is 47.8 Å². The second-order valence-electron chi connectivity index (χ2n) is 11.1. The summed E-state index contributed by atoms with van der Waals surface area (Å²) in [6.07, 6.45) is -2.11. The van der Waals surface area contributed by atoms with Crippen molar-refractivity contribution in [1.29, 1.82) is 0 Å². The number of pyridine rings is 2. The minimum absolute atomic E-state index is 0.00740. The Labute approximate surface area is 242 Å². The molecule has 0 bridgehead atoms. The molecule has 2 atom stereocenters. The van der Waals surface area contributed by atoms with Crippen molar-refractivity contribution in [2.24, 2.45) is 0 Å². The largest absolute Gasteiger partial charge is 0.490 e. The van der Waals surface area contributed by atoms with Gasteiger partial charge in [0.1, 0.15) is 41.8 Å². The number of alkyl halides is 4. The van der Waals surface area contributed by atoms with Crippen LogP contribution in [-0.4, -0.2) is 53.1 Å². The Balaban J connectivity index is 1.38. The first-order chi connectivity index (χ1) is 20.4. The molecule has 2 aromatic heterocycles. The third-order valence-electron chi connectivity index (χ3n) is 7.72. The summed E-state index contributed by atoms with van der Waals surface area (Å²) >= 11 is 0. The lowest BCUT2D eigenvalue weighted by Crippen LogP contribution is -2.51. The molecule has 1 unspecified atom stereocenters. The summed E-state index contributed by atoms with van der Waals surface area (Å²) in [5.41, 5.74) is -5.22. The summed E-state index contributed by atoms with van der Waals surface area (Å²) in [6.45, 7) is -0.973. The Morgan fingerprint density at radius 2 is 1.91 bits per heavy atom. The molecule has 224 valence electrons. The zero-order valence-electron chi connectivity index (χ0n) is 22.8.